The molecule has 0 spiro atoms. The highest BCUT2D eigenvalue weighted by atomic mass is 32.2. The summed E-state index contributed by atoms with van der Waals surface area (Å²) in [7, 11) is 0. The van der Waals surface area contributed by atoms with Crippen LogP contribution in [0.1, 0.15) is 22.6 Å². The Hall–Kier alpha value is -2.53. The van der Waals surface area contributed by atoms with Crippen LogP contribution in [0.5, 0.6) is 5.75 Å². The molecule has 5 heteroatoms. The molecular formula is C21H18O4S. The molecule has 4 rings (SSSR count). The molecule has 0 radical (unpaired) electrons. The first-order valence-corrected chi connectivity index (χ1v) is 9.44. The lowest BCUT2D eigenvalue weighted by Crippen LogP contribution is -2.20. The van der Waals surface area contributed by atoms with Crippen molar-refractivity contribution in [2.45, 2.75) is 24.7 Å². The third-order valence-corrected chi connectivity index (χ3v) is 5.81. The maximum atomic E-state index is 12.8. The van der Waals surface area contributed by atoms with E-state index < -0.39 is 0 Å². The van der Waals surface area contributed by atoms with Gasteiger partial charge in [-0.1, -0.05) is 17.7 Å². The van der Waals surface area contributed by atoms with Gasteiger partial charge in [0.1, 0.15) is 17.9 Å². The molecule has 1 aliphatic heterocycles. The van der Waals surface area contributed by atoms with E-state index in [-0.39, 0.29) is 23.9 Å². The lowest BCUT2D eigenvalue weighted by molar-refractivity contribution is -0.122. The number of Topliss-reactive ketones (excluding diaryl/α,β-unsaturated/α-hetero) is 1. The molecule has 26 heavy (non-hydrogen) atoms. The SMILES string of the molecule is Cc1ccc(OCC(=O)C2CSc3ccc4oc(=O)ccc4c32)c(C)c1. The molecule has 2 heterocycles. The summed E-state index contributed by atoms with van der Waals surface area (Å²) in [5.41, 5.74) is 3.27. The summed E-state index contributed by atoms with van der Waals surface area (Å²) in [6, 6.07) is 12.8. The number of fused-ring (bicyclic) bond motifs is 3. The van der Waals surface area contributed by atoms with E-state index in [9.17, 15) is 9.59 Å². The first kappa shape index (κ1) is 16.9. The largest absolute Gasteiger partial charge is 0.486 e. The zero-order valence-electron chi connectivity index (χ0n) is 14.6. The number of ether oxygens (including phenoxy) is 1. The Morgan fingerprint density at radius 2 is 2.04 bits per heavy atom. The lowest BCUT2D eigenvalue weighted by Gasteiger charge is -2.14. The number of carbonyl (C=O) groups is 1. The van der Waals surface area contributed by atoms with E-state index in [0.717, 1.165) is 32.7 Å². The Morgan fingerprint density at radius 1 is 1.19 bits per heavy atom. The summed E-state index contributed by atoms with van der Waals surface area (Å²) in [5, 5.41) is 0.831. The van der Waals surface area contributed by atoms with E-state index in [1.807, 2.05) is 38.1 Å². The van der Waals surface area contributed by atoms with E-state index in [1.54, 1.807) is 23.9 Å². The van der Waals surface area contributed by atoms with Crippen LogP contribution in [0, 0.1) is 13.8 Å². The number of hydrogen-bond donors (Lipinski definition) is 0. The second-order valence-electron chi connectivity index (χ2n) is 6.53. The van der Waals surface area contributed by atoms with Crippen LogP contribution >= 0.6 is 11.8 Å². The Morgan fingerprint density at radius 3 is 2.85 bits per heavy atom. The van der Waals surface area contributed by atoms with Gasteiger partial charge in [-0.2, -0.15) is 0 Å². The fourth-order valence-electron chi connectivity index (χ4n) is 3.36. The Balaban J connectivity index is 1.60. The van der Waals surface area contributed by atoms with Crippen LogP contribution in [-0.2, 0) is 4.79 Å². The quantitative estimate of drug-likeness (QED) is 0.646. The van der Waals surface area contributed by atoms with Gasteiger partial charge >= 0.3 is 5.63 Å². The summed E-state index contributed by atoms with van der Waals surface area (Å²) in [6.45, 7) is 4.03. The van der Waals surface area contributed by atoms with Gasteiger partial charge in [0.2, 0.25) is 0 Å². The molecule has 4 nitrogen and oxygen atoms in total. The molecular weight excluding hydrogens is 348 g/mol. The van der Waals surface area contributed by atoms with E-state index in [0.29, 0.717) is 11.3 Å². The third kappa shape index (κ3) is 3.03. The van der Waals surface area contributed by atoms with Crippen molar-refractivity contribution in [2.24, 2.45) is 0 Å². The highest BCUT2D eigenvalue weighted by Gasteiger charge is 2.31. The molecule has 1 aromatic heterocycles. The average molecular weight is 366 g/mol. The van der Waals surface area contributed by atoms with Crippen molar-refractivity contribution >= 4 is 28.5 Å². The van der Waals surface area contributed by atoms with Crippen LogP contribution < -0.4 is 10.4 Å². The monoisotopic (exact) mass is 366 g/mol. The minimum atomic E-state index is -0.385. The van der Waals surface area contributed by atoms with Crippen molar-refractivity contribution in [1.29, 1.82) is 0 Å². The normalized spacial score (nSPS) is 15.8. The number of rotatable bonds is 4. The van der Waals surface area contributed by atoms with E-state index in [2.05, 4.69) is 0 Å². The van der Waals surface area contributed by atoms with Gasteiger partial charge in [0.05, 0.1) is 5.92 Å². The van der Waals surface area contributed by atoms with Gasteiger partial charge in [-0.3, -0.25) is 4.79 Å². The van der Waals surface area contributed by atoms with Crippen molar-refractivity contribution < 1.29 is 13.9 Å². The van der Waals surface area contributed by atoms with Gasteiger partial charge in [0.25, 0.3) is 0 Å². The molecule has 132 valence electrons. The third-order valence-electron chi connectivity index (χ3n) is 4.65. The van der Waals surface area contributed by atoms with Gasteiger partial charge < -0.3 is 9.15 Å². The van der Waals surface area contributed by atoms with Crippen LogP contribution in [-0.4, -0.2) is 18.1 Å². The summed E-state index contributed by atoms with van der Waals surface area (Å²) in [5.74, 6) is 1.20. The summed E-state index contributed by atoms with van der Waals surface area (Å²) >= 11 is 1.65. The minimum Gasteiger partial charge on any atom is -0.486 e. The smallest absolute Gasteiger partial charge is 0.336 e. The highest BCUT2D eigenvalue weighted by molar-refractivity contribution is 7.99. The second-order valence-corrected chi connectivity index (χ2v) is 7.59. The molecule has 0 aliphatic carbocycles. The summed E-state index contributed by atoms with van der Waals surface area (Å²) in [4.78, 5) is 25.4. The van der Waals surface area contributed by atoms with Crippen molar-refractivity contribution in [3.05, 3.63) is 69.6 Å². The predicted octanol–water partition coefficient (Wildman–Crippen LogP) is 4.25. The van der Waals surface area contributed by atoms with Crippen LogP contribution in [0.25, 0.3) is 11.0 Å². The maximum Gasteiger partial charge on any atom is 0.336 e. The Kier molecular flexibility index (Phi) is 4.32. The second kappa shape index (κ2) is 6.65. The number of aryl methyl sites for hydroxylation is 2. The van der Waals surface area contributed by atoms with E-state index >= 15 is 0 Å². The van der Waals surface area contributed by atoms with Crippen molar-refractivity contribution in [2.75, 3.05) is 12.4 Å². The zero-order chi connectivity index (χ0) is 18.3. The first-order chi connectivity index (χ1) is 12.5. The molecule has 1 atom stereocenters. The topological polar surface area (TPSA) is 56.5 Å². The lowest BCUT2D eigenvalue weighted by atomic mass is 9.93. The molecule has 1 aliphatic rings. The standard InChI is InChI=1S/C21H18O4S/c1-12-3-5-17(13(2)9-12)24-10-16(22)15-11-26-19-7-6-18-14(21(15)19)4-8-20(23)25-18/h3-9,15H,10-11H2,1-2H3. The first-order valence-electron chi connectivity index (χ1n) is 8.45. The van der Waals surface area contributed by atoms with Gasteiger partial charge in [-0.25, -0.2) is 4.79 Å². The molecule has 0 bridgehead atoms. The zero-order valence-corrected chi connectivity index (χ0v) is 15.4. The number of ketones is 1. The molecule has 3 aromatic rings. The fraction of sp³-hybridized carbons (Fsp3) is 0.238. The molecule has 0 amide bonds. The Labute approximate surface area is 155 Å². The van der Waals surface area contributed by atoms with Gasteiger partial charge in [-0.15, -0.1) is 11.8 Å². The maximum absolute atomic E-state index is 12.8. The molecule has 1 unspecified atom stereocenters. The average Bonchev–Trinajstić information content (AvgIpc) is 3.05. The van der Waals surface area contributed by atoms with Crippen LogP contribution in [0.15, 0.2) is 56.6 Å². The summed E-state index contributed by atoms with van der Waals surface area (Å²) < 4.78 is 11.0. The molecule has 0 fully saturated rings. The molecule has 0 N–H and O–H groups in total. The van der Waals surface area contributed by atoms with Crippen LogP contribution in [0.3, 0.4) is 0 Å². The highest BCUT2D eigenvalue weighted by Crippen LogP contribution is 2.43. The van der Waals surface area contributed by atoms with Crippen LogP contribution in [0.4, 0.5) is 0 Å². The minimum absolute atomic E-state index is 0.0295. The number of benzene rings is 2. The molecule has 0 saturated carbocycles. The van der Waals surface area contributed by atoms with E-state index in [4.69, 9.17) is 9.15 Å². The van der Waals surface area contributed by atoms with Gasteiger partial charge in [-0.05, 0) is 49.2 Å². The van der Waals surface area contributed by atoms with Crippen molar-refractivity contribution in [3.63, 3.8) is 0 Å². The van der Waals surface area contributed by atoms with E-state index in [1.165, 1.54) is 6.07 Å². The van der Waals surface area contributed by atoms with Gasteiger partial charge in [0.15, 0.2) is 5.78 Å². The molecule has 0 saturated heterocycles. The number of carbonyl (C=O) groups excluding carboxylic acids is 1. The van der Waals surface area contributed by atoms with Gasteiger partial charge in [0, 0.05) is 22.1 Å². The number of thioether (sulfide) groups is 1. The number of hydrogen-bond acceptors (Lipinski definition) is 5. The molecule has 2 aromatic carbocycles. The summed E-state index contributed by atoms with van der Waals surface area (Å²) in [6.07, 6.45) is 0. The Bertz CT molecular complexity index is 1070. The predicted molar refractivity (Wildman–Crippen MR) is 102 cm³/mol. The van der Waals surface area contributed by atoms with Crippen LogP contribution in [0.2, 0.25) is 0 Å². The fourth-order valence-corrected chi connectivity index (χ4v) is 4.63. The van der Waals surface area contributed by atoms with Crippen molar-refractivity contribution in [3.8, 4) is 5.75 Å². The van der Waals surface area contributed by atoms with Crippen molar-refractivity contribution in [1.82, 2.24) is 0 Å².